The molecule has 18 nitrogen and oxygen atoms in total. The van der Waals surface area contributed by atoms with Gasteiger partial charge in [0, 0.05) is 66.3 Å². The molecule has 4 aromatic rings. The molecule has 354 valence electrons. The molecule has 2 aromatic carbocycles. The number of benzene rings is 2. The first kappa shape index (κ1) is 49.3. The lowest BCUT2D eigenvalue weighted by Gasteiger charge is -2.44. The molecule has 19 heteroatoms. The number of phenolic OH excluding ortho intramolecular Hbond substituents is 1. The summed E-state index contributed by atoms with van der Waals surface area (Å²) in [5, 5.41) is 41.6. The Balaban J connectivity index is 0.000000196. The number of nitrogens with zero attached hydrogens (tertiary/aromatic N) is 4. The molecule has 0 bridgehead atoms. The van der Waals surface area contributed by atoms with Gasteiger partial charge in [0.1, 0.15) is 22.6 Å². The lowest BCUT2D eigenvalue weighted by atomic mass is 9.92. The Morgan fingerprint density at radius 1 is 0.697 bits per heavy atom. The van der Waals surface area contributed by atoms with Gasteiger partial charge in [-0.1, -0.05) is 15.9 Å². The van der Waals surface area contributed by atoms with Crippen LogP contribution in [0.3, 0.4) is 0 Å². The fraction of sp³-hybridized carbons (Fsp3) is 0.447. The van der Waals surface area contributed by atoms with E-state index >= 15 is 0 Å². The van der Waals surface area contributed by atoms with E-state index in [-0.39, 0.29) is 78.1 Å². The minimum atomic E-state index is -1.26. The normalized spacial score (nSPS) is 17.5. The second-order valence-corrected chi connectivity index (χ2v) is 18.4. The van der Waals surface area contributed by atoms with Gasteiger partial charge in [0.25, 0.3) is 0 Å². The highest BCUT2D eigenvalue weighted by Gasteiger charge is 2.47. The van der Waals surface area contributed by atoms with Crippen LogP contribution in [0.5, 0.6) is 11.5 Å². The molecule has 0 saturated carbocycles. The highest BCUT2D eigenvalue weighted by atomic mass is 79.9. The van der Waals surface area contributed by atoms with Gasteiger partial charge >= 0.3 is 23.9 Å². The van der Waals surface area contributed by atoms with Gasteiger partial charge in [0.2, 0.25) is 0 Å². The van der Waals surface area contributed by atoms with Gasteiger partial charge < -0.3 is 39.4 Å². The number of fused-ring (bicyclic) bond motifs is 12. The Bertz CT molecular complexity index is 2670. The standard InChI is InChI=1S/C23H26N2O7.C21H24N2O5.C3H5BrO2/c1-23(2)6-4-17-15-9-20(32-7-5-21(27)28)13(12-31-3)8-14(15)18-10-19(26)16(22(29)30)11-24(18)25(17)23;1-21(2)6-5-16-14-8-18(24)12(11-27-3)7-13(14)17-9-19(25)15(20(26)28-4)10-22(17)23(16)21;4-2-1-3(5)6/h8-11,17H,4-7,12H2,1-3H3,(H,27,28)(H,29,30);7-10,16,24H,5-6,11H2,1-4H3;1-2H2,(H,5,6)/t17-;16-;/m11./s1. The van der Waals surface area contributed by atoms with E-state index in [1.54, 1.807) is 31.2 Å². The number of carboxylic acids is 3. The van der Waals surface area contributed by atoms with Crippen LogP contribution in [0.25, 0.3) is 22.5 Å². The Kier molecular flexibility index (Phi) is 14.7. The first-order chi connectivity index (χ1) is 31.2. The molecule has 4 aliphatic rings. The van der Waals surface area contributed by atoms with E-state index in [0.717, 1.165) is 53.5 Å². The van der Waals surface area contributed by atoms with E-state index in [1.807, 2.05) is 22.9 Å². The van der Waals surface area contributed by atoms with Crippen molar-refractivity contribution in [3.8, 4) is 34.0 Å². The van der Waals surface area contributed by atoms with E-state index in [4.69, 9.17) is 29.2 Å². The Morgan fingerprint density at radius 3 is 1.65 bits per heavy atom. The topological polar surface area (TPSA) is 237 Å². The van der Waals surface area contributed by atoms with Crippen LogP contribution >= 0.6 is 15.9 Å². The SMILES string of the molecule is COCc1cc2c(cc1O)[C@H]1CCC(C)(C)N1n1cc(C(=O)OC)c(=O)cc1-2.COCc1cc2c(cc1OCCC(=O)O)[C@H]1CCC(C)(C)N1n1cc(C(=O)O)c(=O)cc1-2.O=C(O)CCBr. The van der Waals surface area contributed by atoms with Gasteiger partial charge in [-0.25, -0.2) is 9.59 Å². The first-order valence-electron chi connectivity index (χ1n) is 21.3. The van der Waals surface area contributed by atoms with Gasteiger partial charge in [-0.3, -0.25) is 38.5 Å². The summed E-state index contributed by atoms with van der Waals surface area (Å²) in [4.78, 5) is 69.4. The molecule has 0 unspecified atom stereocenters. The predicted molar refractivity (Wildman–Crippen MR) is 246 cm³/mol. The summed E-state index contributed by atoms with van der Waals surface area (Å²) in [7, 11) is 4.39. The minimum Gasteiger partial charge on any atom is -0.508 e. The summed E-state index contributed by atoms with van der Waals surface area (Å²) in [5.74, 6) is -2.87. The number of esters is 1. The number of aromatic nitrogens is 2. The summed E-state index contributed by atoms with van der Waals surface area (Å²) in [6.07, 6.45) is 6.64. The van der Waals surface area contributed by atoms with Crippen LogP contribution in [0, 0.1) is 0 Å². The lowest BCUT2D eigenvalue weighted by Crippen LogP contribution is -2.50. The van der Waals surface area contributed by atoms with E-state index < -0.39 is 29.3 Å². The molecule has 66 heavy (non-hydrogen) atoms. The third-order valence-corrected chi connectivity index (χ3v) is 12.7. The second kappa shape index (κ2) is 19.7. The van der Waals surface area contributed by atoms with Crippen LogP contribution in [-0.2, 0) is 37.0 Å². The van der Waals surface area contributed by atoms with Crippen molar-refractivity contribution in [2.24, 2.45) is 0 Å². The largest absolute Gasteiger partial charge is 0.508 e. The number of alkyl halides is 1. The zero-order valence-electron chi connectivity index (χ0n) is 37.9. The number of aliphatic carboxylic acids is 2. The summed E-state index contributed by atoms with van der Waals surface area (Å²) in [6.45, 7) is 8.99. The number of carboxylic acid groups (broad SMARTS) is 3. The third-order valence-electron chi connectivity index (χ3n) is 12.3. The Morgan fingerprint density at radius 2 is 1.18 bits per heavy atom. The number of hydrogen-bond donors (Lipinski definition) is 4. The van der Waals surface area contributed by atoms with Gasteiger partial charge in [0.05, 0.1) is 74.3 Å². The van der Waals surface area contributed by atoms with Crippen molar-refractivity contribution in [2.75, 3.05) is 43.3 Å². The summed E-state index contributed by atoms with van der Waals surface area (Å²) in [6, 6.07) is 10.3. The molecule has 0 spiro atoms. The van der Waals surface area contributed by atoms with Crippen LogP contribution in [-0.4, -0.2) is 98.0 Å². The monoisotopic (exact) mass is 978 g/mol. The smallest absolute Gasteiger partial charge is 0.343 e. The van der Waals surface area contributed by atoms with E-state index in [9.17, 15) is 39.0 Å². The van der Waals surface area contributed by atoms with Gasteiger partial charge in [-0.15, -0.1) is 0 Å². The maximum Gasteiger partial charge on any atom is 0.343 e. The Hall–Kier alpha value is -6.18. The van der Waals surface area contributed by atoms with Gasteiger partial charge in [-0.05, 0) is 88.8 Å². The number of rotatable bonds is 12. The first-order valence-corrected chi connectivity index (χ1v) is 22.4. The minimum absolute atomic E-state index is 0.00652. The molecule has 2 atom stereocenters. The molecule has 2 fully saturated rings. The summed E-state index contributed by atoms with van der Waals surface area (Å²) in [5.41, 5.74) is 4.65. The van der Waals surface area contributed by atoms with Gasteiger partial charge in [-0.2, -0.15) is 0 Å². The molecule has 2 aromatic heterocycles. The fourth-order valence-electron chi connectivity index (χ4n) is 9.27. The molecule has 0 radical (unpaired) electrons. The van der Waals surface area contributed by atoms with Crippen LogP contribution in [0.1, 0.15) is 121 Å². The molecular weight excluding hydrogens is 924 g/mol. The molecular formula is C47H55BrN4O14. The van der Waals surface area contributed by atoms with E-state index in [0.29, 0.717) is 28.0 Å². The second-order valence-electron chi connectivity index (χ2n) is 17.6. The number of aromatic carboxylic acids is 1. The van der Waals surface area contributed by atoms with Crippen molar-refractivity contribution in [3.05, 3.63) is 103 Å². The highest BCUT2D eigenvalue weighted by molar-refractivity contribution is 9.09. The van der Waals surface area contributed by atoms with E-state index in [1.165, 1.54) is 25.4 Å². The quantitative estimate of drug-likeness (QED) is 0.0894. The van der Waals surface area contributed by atoms with Crippen molar-refractivity contribution < 1.29 is 58.6 Å². The maximum absolute atomic E-state index is 12.6. The molecule has 2 saturated heterocycles. The maximum atomic E-state index is 12.6. The molecule has 4 aliphatic heterocycles. The van der Waals surface area contributed by atoms with Crippen LogP contribution in [0.2, 0.25) is 0 Å². The highest BCUT2D eigenvalue weighted by Crippen LogP contribution is 2.51. The Labute approximate surface area is 389 Å². The molecule has 0 aliphatic carbocycles. The lowest BCUT2D eigenvalue weighted by molar-refractivity contribution is -0.138. The summed E-state index contributed by atoms with van der Waals surface area (Å²) >= 11 is 2.97. The average molecular weight is 980 g/mol. The van der Waals surface area contributed by atoms with Crippen molar-refractivity contribution in [2.45, 2.75) is 103 Å². The number of carbonyl (C=O) groups excluding carboxylic acids is 1. The fourth-order valence-corrected chi connectivity index (χ4v) is 9.61. The van der Waals surface area contributed by atoms with Crippen molar-refractivity contribution >= 4 is 39.8 Å². The third kappa shape index (κ3) is 9.69. The van der Waals surface area contributed by atoms with Crippen molar-refractivity contribution in [1.29, 1.82) is 0 Å². The van der Waals surface area contributed by atoms with Crippen molar-refractivity contribution in [3.63, 3.8) is 0 Å². The molecule has 0 amide bonds. The van der Waals surface area contributed by atoms with Gasteiger partial charge in [0.15, 0.2) is 10.9 Å². The zero-order chi connectivity index (χ0) is 48.4. The van der Waals surface area contributed by atoms with Crippen LogP contribution in [0.4, 0.5) is 0 Å². The number of ether oxygens (including phenoxy) is 4. The molecule has 8 rings (SSSR count). The predicted octanol–water partition coefficient (Wildman–Crippen LogP) is 6.35. The number of halogens is 1. The van der Waals surface area contributed by atoms with E-state index in [2.05, 4.69) is 53.6 Å². The number of methoxy groups -OCH3 is 3. The van der Waals surface area contributed by atoms with Crippen LogP contribution in [0.15, 0.2) is 58.4 Å². The average Bonchev–Trinajstić information content (AvgIpc) is 3.75. The number of phenols is 1. The number of carbonyl (C=O) groups is 4. The number of hydrogen-bond acceptors (Lipinski definition) is 13. The zero-order valence-corrected chi connectivity index (χ0v) is 39.5. The number of aromatic hydroxyl groups is 1. The molecule has 4 N–H and O–H groups in total. The van der Waals surface area contributed by atoms with Crippen molar-refractivity contribution in [1.82, 2.24) is 9.35 Å². The summed E-state index contributed by atoms with van der Waals surface area (Å²) < 4.78 is 24.8. The molecule has 6 heterocycles. The number of pyridine rings is 2. The van der Waals surface area contributed by atoms with Crippen LogP contribution < -0.4 is 25.6 Å².